The van der Waals surface area contributed by atoms with Crippen LogP contribution in [0.3, 0.4) is 0 Å². The topological polar surface area (TPSA) is 0 Å². The zero-order chi connectivity index (χ0) is 8.48. The molecule has 0 unspecified atom stereocenters. The van der Waals surface area contributed by atoms with Crippen molar-refractivity contribution in [2.24, 2.45) is 5.41 Å². The minimum Gasteiger partial charge on any atom is -0.100 e. The number of allylic oxidation sites excluding steroid dienone is 2. The van der Waals surface area contributed by atoms with E-state index in [9.17, 15) is 0 Å². The molecule has 0 radical (unpaired) electrons. The first kappa shape index (κ1) is 8.58. The van der Waals surface area contributed by atoms with Crippen LogP contribution in [0.15, 0.2) is 24.3 Å². The fourth-order valence-electron chi connectivity index (χ4n) is 1.87. The first-order valence-corrected chi connectivity index (χ1v) is 4.33. The Balaban J connectivity index is 2.41. The summed E-state index contributed by atoms with van der Waals surface area (Å²) in [6, 6.07) is 0. The fourth-order valence-corrected chi connectivity index (χ4v) is 1.87. The first-order chi connectivity index (χ1) is 5.04. The lowest BCUT2D eigenvalue weighted by molar-refractivity contribution is 0.501. The smallest absolute Gasteiger partial charge is 0.0223 e. The molecule has 62 valence electrons. The van der Waals surface area contributed by atoms with Gasteiger partial charge in [-0.05, 0) is 44.9 Å². The minimum absolute atomic E-state index is 0.595. The Kier molecular flexibility index (Phi) is 2.22. The molecular formula is C11H18. The first-order valence-electron chi connectivity index (χ1n) is 4.33. The van der Waals surface area contributed by atoms with Crippen LogP contribution in [0, 0.1) is 5.41 Å². The van der Waals surface area contributed by atoms with Crippen LogP contribution >= 0.6 is 0 Å². The van der Waals surface area contributed by atoms with Gasteiger partial charge in [0.15, 0.2) is 0 Å². The summed E-state index contributed by atoms with van der Waals surface area (Å²) in [5, 5.41) is 0. The molecule has 0 aliphatic heterocycles. The van der Waals surface area contributed by atoms with E-state index in [2.05, 4.69) is 27.0 Å². The highest BCUT2D eigenvalue weighted by molar-refractivity contribution is 5.09. The zero-order valence-electron chi connectivity index (χ0n) is 7.74. The van der Waals surface area contributed by atoms with E-state index in [0.717, 1.165) is 0 Å². The van der Waals surface area contributed by atoms with E-state index < -0.39 is 0 Å². The van der Waals surface area contributed by atoms with Crippen molar-refractivity contribution in [3.05, 3.63) is 24.3 Å². The summed E-state index contributed by atoms with van der Waals surface area (Å²) in [5.74, 6) is 0. The lowest BCUT2D eigenvalue weighted by Gasteiger charge is -2.14. The van der Waals surface area contributed by atoms with Crippen LogP contribution in [0.2, 0.25) is 0 Å². The normalized spacial score (nSPS) is 19.5. The Morgan fingerprint density at radius 1 is 1.09 bits per heavy atom. The molecule has 0 amide bonds. The Hall–Kier alpha value is -0.520. The van der Waals surface area contributed by atoms with Crippen molar-refractivity contribution >= 4 is 0 Å². The van der Waals surface area contributed by atoms with Crippen LogP contribution in [-0.2, 0) is 0 Å². The Morgan fingerprint density at radius 3 is 1.64 bits per heavy atom. The van der Waals surface area contributed by atoms with E-state index in [1.807, 2.05) is 0 Å². The third-order valence-electron chi connectivity index (χ3n) is 2.31. The van der Waals surface area contributed by atoms with E-state index in [4.69, 9.17) is 0 Å². The van der Waals surface area contributed by atoms with E-state index in [0.29, 0.717) is 5.41 Å². The van der Waals surface area contributed by atoms with Gasteiger partial charge in [0.05, 0.1) is 0 Å². The highest BCUT2D eigenvalue weighted by Gasteiger charge is 2.41. The van der Waals surface area contributed by atoms with Gasteiger partial charge in [0, 0.05) is 0 Å². The molecule has 0 heterocycles. The molecule has 0 atom stereocenters. The quantitative estimate of drug-likeness (QED) is 0.536. The van der Waals surface area contributed by atoms with Gasteiger partial charge >= 0.3 is 0 Å². The summed E-state index contributed by atoms with van der Waals surface area (Å²) in [7, 11) is 0. The molecule has 0 nitrogen and oxygen atoms in total. The van der Waals surface area contributed by atoms with Crippen molar-refractivity contribution in [2.45, 2.75) is 39.5 Å². The summed E-state index contributed by atoms with van der Waals surface area (Å²) in [6.07, 6.45) is 5.18. The van der Waals surface area contributed by atoms with Gasteiger partial charge in [-0.15, -0.1) is 13.2 Å². The van der Waals surface area contributed by atoms with Crippen LogP contribution in [0.5, 0.6) is 0 Å². The maximum absolute atomic E-state index is 3.96. The maximum Gasteiger partial charge on any atom is -0.0223 e. The van der Waals surface area contributed by atoms with Gasteiger partial charge in [0.2, 0.25) is 0 Å². The SMILES string of the molecule is C=C(C)CC1(CC(=C)C)CC1. The summed E-state index contributed by atoms with van der Waals surface area (Å²) < 4.78 is 0. The lowest BCUT2D eigenvalue weighted by atomic mass is 9.91. The number of hydrogen-bond donors (Lipinski definition) is 0. The predicted octanol–water partition coefficient (Wildman–Crippen LogP) is 3.70. The Labute approximate surface area is 70.0 Å². The third kappa shape index (κ3) is 2.53. The molecule has 11 heavy (non-hydrogen) atoms. The molecule has 1 saturated carbocycles. The van der Waals surface area contributed by atoms with E-state index in [1.165, 1.54) is 36.8 Å². The summed E-state index contributed by atoms with van der Waals surface area (Å²) in [5.41, 5.74) is 3.24. The van der Waals surface area contributed by atoms with Crippen molar-refractivity contribution < 1.29 is 0 Å². The average molecular weight is 150 g/mol. The molecule has 0 spiro atoms. The summed E-state index contributed by atoms with van der Waals surface area (Å²) in [4.78, 5) is 0. The van der Waals surface area contributed by atoms with Crippen molar-refractivity contribution in [1.82, 2.24) is 0 Å². The average Bonchev–Trinajstić information content (AvgIpc) is 2.43. The van der Waals surface area contributed by atoms with Crippen LogP contribution < -0.4 is 0 Å². The van der Waals surface area contributed by atoms with Crippen LogP contribution in [0.25, 0.3) is 0 Å². The van der Waals surface area contributed by atoms with E-state index in [-0.39, 0.29) is 0 Å². The molecule has 0 bridgehead atoms. The highest BCUT2D eigenvalue weighted by atomic mass is 14.5. The third-order valence-corrected chi connectivity index (χ3v) is 2.31. The number of hydrogen-bond acceptors (Lipinski definition) is 0. The molecule has 1 fully saturated rings. The highest BCUT2D eigenvalue weighted by Crippen LogP contribution is 2.54. The molecular weight excluding hydrogens is 132 g/mol. The molecule has 0 N–H and O–H groups in total. The van der Waals surface area contributed by atoms with Crippen molar-refractivity contribution in [3.63, 3.8) is 0 Å². The van der Waals surface area contributed by atoms with Gasteiger partial charge in [0.1, 0.15) is 0 Å². The van der Waals surface area contributed by atoms with Crippen LogP contribution in [-0.4, -0.2) is 0 Å². The molecule has 0 aromatic rings. The van der Waals surface area contributed by atoms with Gasteiger partial charge in [-0.25, -0.2) is 0 Å². The maximum atomic E-state index is 3.96. The molecule has 0 aromatic carbocycles. The molecule has 1 rings (SSSR count). The second-order valence-corrected chi connectivity index (χ2v) is 4.27. The van der Waals surface area contributed by atoms with Gasteiger partial charge in [-0.3, -0.25) is 0 Å². The molecule has 0 heteroatoms. The van der Waals surface area contributed by atoms with Crippen molar-refractivity contribution in [1.29, 1.82) is 0 Å². The van der Waals surface area contributed by atoms with Crippen LogP contribution in [0.1, 0.15) is 39.5 Å². The molecule has 1 aliphatic carbocycles. The Morgan fingerprint density at radius 2 is 1.45 bits per heavy atom. The summed E-state index contributed by atoms with van der Waals surface area (Å²) in [6.45, 7) is 12.2. The van der Waals surface area contributed by atoms with E-state index >= 15 is 0 Å². The van der Waals surface area contributed by atoms with Gasteiger partial charge in [-0.1, -0.05) is 11.1 Å². The monoisotopic (exact) mass is 150 g/mol. The fraction of sp³-hybridized carbons (Fsp3) is 0.636. The molecule has 1 aliphatic rings. The van der Waals surface area contributed by atoms with Crippen LogP contribution in [0.4, 0.5) is 0 Å². The van der Waals surface area contributed by atoms with Gasteiger partial charge in [-0.2, -0.15) is 0 Å². The van der Waals surface area contributed by atoms with Gasteiger partial charge < -0.3 is 0 Å². The standard InChI is InChI=1S/C11H18/c1-9(2)7-11(5-6-11)8-10(3)4/h1,3,5-8H2,2,4H3. The molecule has 0 saturated heterocycles. The van der Waals surface area contributed by atoms with Crippen molar-refractivity contribution in [3.8, 4) is 0 Å². The lowest BCUT2D eigenvalue weighted by Crippen LogP contribution is -2.00. The molecule has 0 aromatic heterocycles. The number of rotatable bonds is 4. The van der Waals surface area contributed by atoms with Gasteiger partial charge in [0.25, 0.3) is 0 Å². The Bertz CT molecular complexity index is 164. The minimum atomic E-state index is 0.595. The zero-order valence-corrected chi connectivity index (χ0v) is 7.74. The van der Waals surface area contributed by atoms with E-state index in [1.54, 1.807) is 0 Å². The second-order valence-electron chi connectivity index (χ2n) is 4.27. The summed E-state index contributed by atoms with van der Waals surface area (Å²) >= 11 is 0. The predicted molar refractivity (Wildman–Crippen MR) is 50.5 cm³/mol. The largest absolute Gasteiger partial charge is 0.100 e. The second kappa shape index (κ2) is 2.84. The van der Waals surface area contributed by atoms with Crippen molar-refractivity contribution in [2.75, 3.05) is 0 Å².